The van der Waals surface area contributed by atoms with Crippen LogP contribution in [0.1, 0.15) is 16.0 Å². The van der Waals surface area contributed by atoms with Crippen molar-refractivity contribution in [3.05, 3.63) is 46.2 Å². The highest BCUT2D eigenvalue weighted by molar-refractivity contribution is 7.15. The van der Waals surface area contributed by atoms with E-state index in [1.807, 2.05) is 6.07 Å². The average Bonchev–Trinajstić information content (AvgIpc) is 2.99. The summed E-state index contributed by atoms with van der Waals surface area (Å²) in [6.45, 7) is 3.40. The molecule has 0 saturated carbocycles. The van der Waals surface area contributed by atoms with Crippen LogP contribution in [0.4, 0.5) is 9.52 Å². The zero-order valence-corrected chi connectivity index (χ0v) is 14.8. The molecule has 3 rings (SSSR count). The molecule has 1 fully saturated rings. The van der Waals surface area contributed by atoms with Gasteiger partial charge in [-0.3, -0.25) is 4.79 Å². The van der Waals surface area contributed by atoms with E-state index in [1.165, 1.54) is 17.4 Å². The van der Waals surface area contributed by atoms with Gasteiger partial charge in [-0.05, 0) is 24.1 Å². The van der Waals surface area contributed by atoms with E-state index in [9.17, 15) is 9.18 Å². The molecule has 130 valence electrons. The predicted octanol–water partition coefficient (Wildman–Crippen LogP) is 2.53. The Morgan fingerprint density at radius 1 is 1.54 bits per heavy atom. The second-order valence-electron chi connectivity index (χ2n) is 5.46. The summed E-state index contributed by atoms with van der Waals surface area (Å²) in [6, 6.07) is 4.86. The van der Waals surface area contributed by atoms with Crippen LogP contribution in [0.5, 0.6) is 0 Å². The van der Waals surface area contributed by atoms with E-state index in [0.717, 1.165) is 10.4 Å². The first-order valence-electron chi connectivity index (χ1n) is 7.43. The van der Waals surface area contributed by atoms with Gasteiger partial charge >= 0.3 is 0 Å². The highest BCUT2D eigenvalue weighted by Crippen LogP contribution is 2.22. The van der Waals surface area contributed by atoms with Crippen molar-refractivity contribution < 1.29 is 13.9 Å². The molecular weight excluding hydrogens is 353 g/mol. The lowest BCUT2D eigenvalue weighted by molar-refractivity contribution is -0.120. The van der Waals surface area contributed by atoms with Crippen LogP contribution < -0.4 is 10.6 Å². The largest absolute Gasteiger partial charge is 0.378 e. The van der Waals surface area contributed by atoms with Gasteiger partial charge in [0.1, 0.15) is 11.9 Å². The number of aryl methyl sites for hydroxylation is 1. The summed E-state index contributed by atoms with van der Waals surface area (Å²) < 4.78 is 18.8. The fourth-order valence-corrected chi connectivity index (χ4v) is 3.17. The Labute approximate surface area is 150 Å². The number of carbonyl (C=O) groups excluding carboxylic acids is 1. The first-order chi connectivity index (χ1) is 11.1. The summed E-state index contributed by atoms with van der Waals surface area (Å²) >= 11 is 1.40. The van der Waals surface area contributed by atoms with Gasteiger partial charge in [-0.15, -0.1) is 23.7 Å². The minimum Gasteiger partial charge on any atom is -0.378 e. The molecule has 1 aromatic heterocycles. The lowest BCUT2D eigenvalue weighted by Gasteiger charge is -2.22. The minimum atomic E-state index is -0.345. The molecule has 24 heavy (non-hydrogen) atoms. The topological polar surface area (TPSA) is 63.2 Å². The van der Waals surface area contributed by atoms with Crippen molar-refractivity contribution >= 4 is 34.8 Å². The molecule has 8 heteroatoms. The summed E-state index contributed by atoms with van der Waals surface area (Å²) in [5, 5.41) is 6.43. The zero-order valence-electron chi connectivity index (χ0n) is 13.2. The predicted molar refractivity (Wildman–Crippen MR) is 94.5 cm³/mol. The summed E-state index contributed by atoms with van der Waals surface area (Å²) in [7, 11) is 0. The van der Waals surface area contributed by atoms with Crippen LogP contribution >= 0.6 is 23.7 Å². The number of benzene rings is 1. The molecule has 0 radical (unpaired) electrons. The first-order valence-corrected chi connectivity index (χ1v) is 8.25. The van der Waals surface area contributed by atoms with E-state index in [0.29, 0.717) is 36.9 Å². The highest BCUT2D eigenvalue weighted by Gasteiger charge is 2.22. The molecule has 1 saturated heterocycles. The smallest absolute Gasteiger partial charge is 0.245 e. The third-order valence-electron chi connectivity index (χ3n) is 3.64. The number of amides is 1. The number of nitrogens with one attached hydrogen (secondary N) is 2. The normalized spacial score (nSPS) is 17.2. The van der Waals surface area contributed by atoms with Crippen LogP contribution in [0.3, 0.4) is 0 Å². The number of hydrogen-bond acceptors (Lipinski definition) is 5. The van der Waals surface area contributed by atoms with Crippen molar-refractivity contribution in [1.29, 1.82) is 0 Å². The second kappa shape index (κ2) is 8.53. The molecule has 0 aliphatic carbocycles. The average molecular weight is 372 g/mol. The van der Waals surface area contributed by atoms with Crippen LogP contribution in [0.2, 0.25) is 0 Å². The number of carbonyl (C=O) groups is 1. The number of rotatable bonds is 4. The van der Waals surface area contributed by atoms with E-state index in [1.54, 1.807) is 19.2 Å². The molecule has 1 aliphatic heterocycles. The highest BCUT2D eigenvalue weighted by atomic mass is 35.5. The molecule has 1 unspecified atom stereocenters. The van der Waals surface area contributed by atoms with Gasteiger partial charge in [0, 0.05) is 24.0 Å². The minimum absolute atomic E-state index is 0. The molecule has 2 aromatic rings. The summed E-state index contributed by atoms with van der Waals surface area (Å²) in [6.07, 6.45) is 2.30. The van der Waals surface area contributed by atoms with Crippen LogP contribution in [-0.4, -0.2) is 36.7 Å². The lowest BCUT2D eigenvalue weighted by atomic mass is 10.1. The third-order valence-corrected chi connectivity index (χ3v) is 4.55. The second-order valence-corrected chi connectivity index (χ2v) is 6.58. The summed E-state index contributed by atoms with van der Waals surface area (Å²) in [4.78, 5) is 17.3. The Morgan fingerprint density at radius 3 is 3.08 bits per heavy atom. The molecule has 1 amide bonds. The van der Waals surface area contributed by atoms with E-state index in [4.69, 9.17) is 4.74 Å². The molecule has 1 atom stereocenters. The number of morpholine rings is 1. The number of anilines is 1. The van der Waals surface area contributed by atoms with Crippen LogP contribution in [0.25, 0.3) is 0 Å². The molecule has 0 spiro atoms. The van der Waals surface area contributed by atoms with Gasteiger partial charge in [0.15, 0.2) is 5.13 Å². The Bertz CT molecular complexity index is 704. The van der Waals surface area contributed by atoms with Crippen molar-refractivity contribution in [3.8, 4) is 0 Å². The summed E-state index contributed by atoms with van der Waals surface area (Å²) in [5.74, 6) is -0.351. The van der Waals surface area contributed by atoms with Gasteiger partial charge in [-0.25, -0.2) is 9.37 Å². The number of thiazole rings is 1. The van der Waals surface area contributed by atoms with E-state index in [2.05, 4.69) is 15.6 Å². The Balaban J connectivity index is 0.00000208. The SMILES string of the molecule is Cc1ccc(Cc2cnc(NC(=O)C3COCCN3)s2)cc1F.Cl. The molecule has 1 aromatic carbocycles. The van der Waals surface area contributed by atoms with Gasteiger partial charge < -0.3 is 15.4 Å². The van der Waals surface area contributed by atoms with Crippen molar-refractivity contribution in [2.24, 2.45) is 0 Å². The first kappa shape index (κ1) is 18.8. The van der Waals surface area contributed by atoms with E-state index in [-0.39, 0.29) is 30.2 Å². The van der Waals surface area contributed by atoms with E-state index >= 15 is 0 Å². The fourth-order valence-electron chi connectivity index (χ4n) is 2.32. The van der Waals surface area contributed by atoms with Crippen molar-refractivity contribution in [2.45, 2.75) is 19.4 Å². The number of hydrogen-bond donors (Lipinski definition) is 2. The maximum absolute atomic E-state index is 13.6. The standard InChI is InChI=1S/C16H18FN3O2S.ClH/c1-10-2-3-11(7-13(10)17)6-12-8-19-16(23-12)20-15(21)14-9-22-5-4-18-14;/h2-3,7-8,14,18H,4-6,9H2,1H3,(H,19,20,21);1H. The van der Waals surface area contributed by atoms with Crippen LogP contribution in [0.15, 0.2) is 24.4 Å². The maximum Gasteiger partial charge on any atom is 0.245 e. The quantitative estimate of drug-likeness (QED) is 0.867. The Hall–Kier alpha value is -1.54. The van der Waals surface area contributed by atoms with Crippen LogP contribution in [-0.2, 0) is 16.0 Å². The van der Waals surface area contributed by atoms with Crippen molar-refractivity contribution in [1.82, 2.24) is 10.3 Å². The van der Waals surface area contributed by atoms with Gasteiger partial charge in [-0.2, -0.15) is 0 Å². The molecule has 1 aliphatic rings. The maximum atomic E-state index is 13.6. The third kappa shape index (κ3) is 4.73. The number of nitrogens with zero attached hydrogens (tertiary/aromatic N) is 1. The fraction of sp³-hybridized carbons (Fsp3) is 0.375. The van der Waals surface area contributed by atoms with Gasteiger partial charge in [0.2, 0.25) is 5.91 Å². The van der Waals surface area contributed by atoms with Crippen molar-refractivity contribution in [3.63, 3.8) is 0 Å². The van der Waals surface area contributed by atoms with Gasteiger partial charge in [0.05, 0.1) is 13.2 Å². The van der Waals surface area contributed by atoms with Gasteiger partial charge in [0.25, 0.3) is 0 Å². The number of halogens is 2. The van der Waals surface area contributed by atoms with Gasteiger partial charge in [-0.1, -0.05) is 12.1 Å². The lowest BCUT2D eigenvalue weighted by Crippen LogP contribution is -2.48. The van der Waals surface area contributed by atoms with E-state index < -0.39 is 0 Å². The van der Waals surface area contributed by atoms with Crippen LogP contribution in [0, 0.1) is 12.7 Å². The Kier molecular flexibility index (Phi) is 6.68. The summed E-state index contributed by atoms with van der Waals surface area (Å²) in [5.41, 5.74) is 1.52. The Morgan fingerprint density at radius 2 is 2.38 bits per heavy atom. The molecule has 5 nitrogen and oxygen atoms in total. The monoisotopic (exact) mass is 371 g/mol. The molecule has 2 heterocycles. The molecule has 0 bridgehead atoms. The molecule has 2 N–H and O–H groups in total. The van der Waals surface area contributed by atoms with Crippen molar-refractivity contribution in [2.75, 3.05) is 25.1 Å². The number of aromatic nitrogens is 1. The molecular formula is C16H19ClFN3O2S. The number of ether oxygens (including phenoxy) is 1. The zero-order chi connectivity index (χ0) is 16.2.